The number of thiocarbonyl (C=S) groups is 1. The molecule has 0 radical (unpaired) electrons. The summed E-state index contributed by atoms with van der Waals surface area (Å²) in [5.41, 5.74) is 1.30. The second kappa shape index (κ2) is 8.87. The molecule has 126 valence electrons. The Labute approximate surface area is 156 Å². The monoisotopic (exact) mass is 382 g/mol. The predicted molar refractivity (Wildman–Crippen MR) is 101 cm³/mol. The Bertz CT molecular complexity index is 753. The van der Waals surface area contributed by atoms with Gasteiger partial charge in [-0.3, -0.25) is 10.1 Å². The fourth-order valence-electron chi connectivity index (χ4n) is 1.95. The van der Waals surface area contributed by atoms with E-state index in [0.717, 1.165) is 5.56 Å². The van der Waals surface area contributed by atoms with Gasteiger partial charge in [0, 0.05) is 22.2 Å². The first-order valence-electron chi connectivity index (χ1n) is 7.25. The molecule has 0 unspecified atom stereocenters. The molecule has 0 atom stereocenters. The highest BCUT2D eigenvalue weighted by Gasteiger charge is 2.09. The highest BCUT2D eigenvalue weighted by atomic mass is 35.5. The van der Waals surface area contributed by atoms with E-state index >= 15 is 0 Å². The largest absolute Gasteiger partial charge is 0.494 e. The standard InChI is InChI=1S/C17H16Cl2N2O2S/c1-2-23-14-5-3-4-11(8-14)16(22)21-17(24)20-10-12-6-7-13(18)9-15(12)19/h3-9H,2,10H2,1H3,(H2,20,21,22,24). The molecular formula is C17H16Cl2N2O2S. The number of hydrogen-bond acceptors (Lipinski definition) is 3. The Hall–Kier alpha value is -1.82. The highest BCUT2D eigenvalue weighted by Crippen LogP contribution is 2.20. The summed E-state index contributed by atoms with van der Waals surface area (Å²) >= 11 is 17.1. The minimum absolute atomic E-state index is 0.216. The van der Waals surface area contributed by atoms with Crippen LogP contribution >= 0.6 is 35.4 Å². The van der Waals surface area contributed by atoms with E-state index in [9.17, 15) is 4.79 Å². The van der Waals surface area contributed by atoms with Crippen LogP contribution in [0.2, 0.25) is 10.0 Å². The summed E-state index contributed by atoms with van der Waals surface area (Å²) in [5.74, 6) is 0.327. The molecule has 0 fully saturated rings. The van der Waals surface area contributed by atoms with E-state index in [1.807, 2.05) is 6.92 Å². The number of carbonyl (C=O) groups excluding carboxylic acids is 1. The van der Waals surface area contributed by atoms with Gasteiger partial charge < -0.3 is 10.1 Å². The molecule has 2 aromatic rings. The van der Waals surface area contributed by atoms with Gasteiger partial charge in [-0.2, -0.15) is 0 Å². The molecule has 24 heavy (non-hydrogen) atoms. The summed E-state index contributed by atoms with van der Waals surface area (Å²) in [7, 11) is 0. The topological polar surface area (TPSA) is 50.4 Å². The van der Waals surface area contributed by atoms with Crippen molar-refractivity contribution in [3.05, 3.63) is 63.6 Å². The van der Waals surface area contributed by atoms with Crippen molar-refractivity contribution in [3.8, 4) is 5.75 Å². The molecule has 0 aliphatic carbocycles. The molecule has 0 spiro atoms. The Balaban J connectivity index is 1.92. The van der Waals surface area contributed by atoms with Gasteiger partial charge in [0.15, 0.2) is 5.11 Å². The van der Waals surface area contributed by atoms with Crippen LogP contribution in [0, 0.1) is 0 Å². The molecule has 0 aromatic heterocycles. The van der Waals surface area contributed by atoms with Crippen LogP contribution in [-0.2, 0) is 6.54 Å². The fourth-order valence-corrected chi connectivity index (χ4v) is 2.59. The van der Waals surface area contributed by atoms with Crippen molar-refractivity contribution < 1.29 is 9.53 Å². The summed E-state index contributed by atoms with van der Waals surface area (Å²) in [6, 6.07) is 12.1. The van der Waals surface area contributed by atoms with Gasteiger partial charge in [-0.15, -0.1) is 0 Å². The number of halogens is 2. The molecule has 0 aliphatic rings. The first-order valence-corrected chi connectivity index (χ1v) is 8.42. The van der Waals surface area contributed by atoms with Crippen LogP contribution < -0.4 is 15.4 Å². The third-order valence-corrected chi connectivity index (χ3v) is 3.92. The number of amides is 1. The van der Waals surface area contributed by atoms with E-state index in [0.29, 0.717) is 34.5 Å². The second-order valence-electron chi connectivity index (χ2n) is 4.83. The third-order valence-electron chi connectivity index (χ3n) is 3.09. The Morgan fingerprint density at radius 2 is 2.00 bits per heavy atom. The lowest BCUT2D eigenvalue weighted by Gasteiger charge is -2.11. The summed E-state index contributed by atoms with van der Waals surface area (Å²) in [6.45, 7) is 2.80. The maximum atomic E-state index is 12.2. The van der Waals surface area contributed by atoms with Crippen molar-refractivity contribution in [3.63, 3.8) is 0 Å². The minimum Gasteiger partial charge on any atom is -0.494 e. The molecule has 0 saturated carbocycles. The molecule has 0 heterocycles. The van der Waals surface area contributed by atoms with E-state index in [-0.39, 0.29) is 11.0 Å². The number of benzene rings is 2. The fraction of sp³-hybridized carbons (Fsp3) is 0.176. The van der Waals surface area contributed by atoms with Gasteiger partial charge in [0.1, 0.15) is 5.75 Å². The maximum absolute atomic E-state index is 12.2. The predicted octanol–water partition coefficient (Wildman–Crippen LogP) is 4.20. The van der Waals surface area contributed by atoms with E-state index in [2.05, 4.69) is 10.6 Å². The first kappa shape index (κ1) is 18.5. The van der Waals surface area contributed by atoms with Crippen LogP contribution in [0.3, 0.4) is 0 Å². The molecule has 0 aliphatic heterocycles. The lowest BCUT2D eigenvalue weighted by Crippen LogP contribution is -2.38. The van der Waals surface area contributed by atoms with E-state index in [4.69, 9.17) is 40.2 Å². The van der Waals surface area contributed by atoms with Crippen molar-refractivity contribution in [1.29, 1.82) is 0 Å². The third kappa shape index (κ3) is 5.37. The number of ether oxygens (including phenoxy) is 1. The van der Waals surface area contributed by atoms with Gasteiger partial charge in [-0.25, -0.2) is 0 Å². The average Bonchev–Trinajstić information content (AvgIpc) is 2.54. The van der Waals surface area contributed by atoms with Crippen molar-refractivity contribution in [2.45, 2.75) is 13.5 Å². The van der Waals surface area contributed by atoms with Gasteiger partial charge in [-0.05, 0) is 55.0 Å². The Morgan fingerprint density at radius 1 is 1.21 bits per heavy atom. The molecule has 7 heteroatoms. The van der Waals surface area contributed by atoms with Crippen LogP contribution in [0.1, 0.15) is 22.8 Å². The van der Waals surface area contributed by atoms with Crippen LogP contribution in [0.25, 0.3) is 0 Å². The maximum Gasteiger partial charge on any atom is 0.257 e. The molecule has 0 bridgehead atoms. The minimum atomic E-state index is -0.309. The van der Waals surface area contributed by atoms with Crippen LogP contribution in [0.4, 0.5) is 0 Å². The number of rotatable bonds is 5. The molecule has 0 saturated heterocycles. The zero-order valence-corrected chi connectivity index (χ0v) is 15.3. The molecule has 2 aromatic carbocycles. The van der Waals surface area contributed by atoms with Gasteiger partial charge in [0.2, 0.25) is 0 Å². The van der Waals surface area contributed by atoms with Gasteiger partial charge in [-0.1, -0.05) is 35.3 Å². The molecule has 4 nitrogen and oxygen atoms in total. The highest BCUT2D eigenvalue weighted by molar-refractivity contribution is 7.80. The number of carbonyl (C=O) groups is 1. The zero-order valence-electron chi connectivity index (χ0n) is 12.9. The smallest absolute Gasteiger partial charge is 0.257 e. The zero-order chi connectivity index (χ0) is 17.5. The Kier molecular flexibility index (Phi) is 6.85. The second-order valence-corrected chi connectivity index (χ2v) is 6.09. The Morgan fingerprint density at radius 3 is 2.71 bits per heavy atom. The van der Waals surface area contributed by atoms with Crippen molar-refractivity contribution in [1.82, 2.24) is 10.6 Å². The van der Waals surface area contributed by atoms with Crippen molar-refractivity contribution in [2.75, 3.05) is 6.61 Å². The SMILES string of the molecule is CCOc1cccc(C(=O)NC(=S)NCc2ccc(Cl)cc2Cl)c1. The summed E-state index contributed by atoms with van der Waals surface area (Å²) in [4.78, 5) is 12.2. The van der Waals surface area contributed by atoms with Gasteiger partial charge in [0.25, 0.3) is 5.91 Å². The lowest BCUT2D eigenvalue weighted by molar-refractivity contribution is 0.0976. The van der Waals surface area contributed by atoms with Gasteiger partial charge in [0.05, 0.1) is 6.61 Å². The lowest BCUT2D eigenvalue weighted by atomic mass is 10.2. The van der Waals surface area contributed by atoms with Crippen LogP contribution in [-0.4, -0.2) is 17.6 Å². The van der Waals surface area contributed by atoms with E-state index < -0.39 is 0 Å². The van der Waals surface area contributed by atoms with Crippen LogP contribution in [0.5, 0.6) is 5.75 Å². The van der Waals surface area contributed by atoms with Crippen LogP contribution in [0.15, 0.2) is 42.5 Å². The van der Waals surface area contributed by atoms with Crippen molar-refractivity contribution >= 4 is 46.4 Å². The number of hydrogen-bond donors (Lipinski definition) is 2. The molecular weight excluding hydrogens is 367 g/mol. The van der Waals surface area contributed by atoms with Crippen molar-refractivity contribution in [2.24, 2.45) is 0 Å². The molecule has 2 rings (SSSR count). The first-order chi connectivity index (χ1) is 11.5. The summed E-state index contributed by atoms with van der Waals surface area (Å²) in [5, 5.41) is 6.88. The molecule has 2 N–H and O–H groups in total. The van der Waals surface area contributed by atoms with Gasteiger partial charge >= 0.3 is 0 Å². The quantitative estimate of drug-likeness (QED) is 0.760. The summed E-state index contributed by atoms with van der Waals surface area (Å²) < 4.78 is 5.38. The molecule has 1 amide bonds. The average molecular weight is 383 g/mol. The summed E-state index contributed by atoms with van der Waals surface area (Å²) in [6.07, 6.45) is 0. The number of nitrogens with one attached hydrogen (secondary N) is 2. The normalized spacial score (nSPS) is 10.1. The van der Waals surface area contributed by atoms with E-state index in [1.165, 1.54) is 0 Å². The van der Waals surface area contributed by atoms with E-state index in [1.54, 1.807) is 42.5 Å².